The van der Waals surface area contributed by atoms with Gasteiger partial charge in [0.05, 0.1) is 29.2 Å². The lowest BCUT2D eigenvalue weighted by molar-refractivity contribution is 0.0377. The monoisotopic (exact) mass is 498 g/mol. The van der Waals surface area contributed by atoms with Gasteiger partial charge >= 0.3 is 12.1 Å². The number of benzene rings is 2. The van der Waals surface area contributed by atoms with Crippen LogP contribution in [-0.2, 0) is 16.8 Å². The third-order valence-electron chi connectivity index (χ3n) is 7.18. The molecule has 1 aliphatic carbocycles. The fourth-order valence-electron chi connectivity index (χ4n) is 5.12. The van der Waals surface area contributed by atoms with E-state index in [0.717, 1.165) is 58.6 Å². The van der Waals surface area contributed by atoms with Crippen LogP contribution in [0.2, 0.25) is 0 Å². The summed E-state index contributed by atoms with van der Waals surface area (Å²) in [6, 6.07) is 20.5. The highest BCUT2D eigenvalue weighted by molar-refractivity contribution is 5.96. The Hall–Kier alpha value is -3.87. The van der Waals surface area contributed by atoms with Crippen molar-refractivity contribution in [2.24, 2.45) is 0 Å². The maximum Gasteiger partial charge on any atom is 0.408 e. The molecule has 0 unspecified atom stereocenters. The Morgan fingerprint density at radius 1 is 1.00 bits per heavy atom. The second kappa shape index (κ2) is 9.21. The smallest absolute Gasteiger partial charge is 0.408 e. The molecule has 7 heteroatoms. The topological polar surface area (TPSA) is 74.8 Å². The summed E-state index contributed by atoms with van der Waals surface area (Å²) >= 11 is 0. The lowest BCUT2D eigenvalue weighted by atomic mass is 9.71. The van der Waals surface area contributed by atoms with E-state index in [9.17, 15) is 9.59 Å². The summed E-state index contributed by atoms with van der Waals surface area (Å²) < 4.78 is 5.53. The predicted octanol–water partition coefficient (Wildman–Crippen LogP) is 6.32. The minimum absolute atomic E-state index is 0.0475. The Balaban J connectivity index is 1.52. The molecule has 2 aliphatic rings. The Morgan fingerprint density at radius 2 is 1.68 bits per heavy atom. The van der Waals surface area contributed by atoms with Gasteiger partial charge in [0.25, 0.3) is 0 Å². The van der Waals surface area contributed by atoms with Crippen molar-refractivity contribution >= 4 is 17.8 Å². The first kappa shape index (κ1) is 24.8. The maximum atomic E-state index is 12.6. The van der Waals surface area contributed by atoms with Gasteiger partial charge in [-0.1, -0.05) is 54.6 Å². The summed E-state index contributed by atoms with van der Waals surface area (Å²) in [6.45, 7) is 6.07. The van der Waals surface area contributed by atoms with Gasteiger partial charge in [-0.05, 0) is 57.2 Å². The lowest BCUT2D eigenvalue weighted by Crippen LogP contribution is -2.52. The Kier molecular flexibility index (Phi) is 6.18. The number of nitrogens with zero attached hydrogens (tertiary/aromatic N) is 3. The molecule has 1 aliphatic heterocycles. The van der Waals surface area contributed by atoms with Crippen molar-refractivity contribution in [3.8, 4) is 22.4 Å². The van der Waals surface area contributed by atoms with Gasteiger partial charge in [0.2, 0.25) is 0 Å². The van der Waals surface area contributed by atoms with E-state index in [4.69, 9.17) is 9.72 Å². The first-order chi connectivity index (χ1) is 17.6. The Labute approximate surface area is 218 Å². The molecule has 1 fully saturated rings. The van der Waals surface area contributed by atoms with Crippen molar-refractivity contribution in [2.75, 3.05) is 19.0 Å². The summed E-state index contributed by atoms with van der Waals surface area (Å²) in [6.07, 6.45) is 2.43. The molecule has 1 saturated carbocycles. The van der Waals surface area contributed by atoms with Crippen molar-refractivity contribution in [3.63, 3.8) is 0 Å². The first-order valence-corrected chi connectivity index (χ1v) is 12.8. The zero-order chi connectivity index (χ0) is 26.4. The van der Waals surface area contributed by atoms with Crippen LogP contribution in [0.4, 0.5) is 15.3 Å². The number of hydrogen-bond acceptors (Lipinski definition) is 4. The van der Waals surface area contributed by atoms with E-state index in [1.165, 1.54) is 0 Å². The molecule has 0 bridgehead atoms. The van der Waals surface area contributed by atoms with E-state index in [1.54, 1.807) is 23.9 Å². The van der Waals surface area contributed by atoms with Crippen LogP contribution in [0.25, 0.3) is 22.4 Å². The van der Waals surface area contributed by atoms with Crippen LogP contribution in [0, 0.1) is 0 Å². The molecular formula is C30H34N4O3. The number of carbonyl (C=O) groups is 2. The highest BCUT2D eigenvalue weighted by atomic mass is 16.6. The van der Waals surface area contributed by atoms with E-state index in [2.05, 4.69) is 47.8 Å². The number of anilines is 1. The quantitative estimate of drug-likeness (QED) is 0.457. The van der Waals surface area contributed by atoms with Gasteiger partial charge in [-0.2, -0.15) is 0 Å². The van der Waals surface area contributed by atoms with Gasteiger partial charge in [-0.3, -0.25) is 4.90 Å². The molecule has 0 atom stereocenters. The average Bonchev–Trinajstić information content (AvgIpc) is 2.84. The molecule has 2 heterocycles. The summed E-state index contributed by atoms with van der Waals surface area (Å²) in [5, 5.41) is 3.13. The van der Waals surface area contributed by atoms with Crippen LogP contribution in [0.15, 0.2) is 60.7 Å². The van der Waals surface area contributed by atoms with Gasteiger partial charge in [-0.15, -0.1) is 0 Å². The molecule has 192 valence electrons. The first-order valence-electron chi connectivity index (χ1n) is 12.8. The van der Waals surface area contributed by atoms with Crippen LogP contribution in [0.3, 0.4) is 0 Å². The molecule has 3 amide bonds. The number of aromatic nitrogens is 1. The number of nitrogens with one attached hydrogen (secondary N) is 1. The number of hydrogen-bond donors (Lipinski definition) is 1. The molecule has 37 heavy (non-hydrogen) atoms. The SMILES string of the molecule is CN1Cc2nc(-c3ccc(C4(NC(=O)OC(C)(C)C)CCC4)cc3)c(-c3ccccc3)cc2N(C)C1=O. The molecule has 0 radical (unpaired) electrons. The van der Waals surface area contributed by atoms with Crippen LogP contribution in [0.1, 0.15) is 51.3 Å². The van der Waals surface area contributed by atoms with Crippen molar-refractivity contribution in [1.29, 1.82) is 0 Å². The minimum Gasteiger partial charge on any atom is -0.444 e. The second-order valence-electron chi connectivity index (χ2n) is 11.1. The average molecular weight is 499 g/mol. The molecular weight excluding hydrogens is 464 g/mol. The number of carbonyl (C=O) groups excluding carboxylic acids is 2. The zero-order valence-electron chi connectivity index (χ0n) is 22.2. The summed E-state index contributed by atoms with van der Waals surface area (Å²) in [4.78, 5) is 33.6. The van der Waals surface area contributed by atoms with Gasteiger partial charge in [0.1, 0.15) is 5.60 Å². The summed E-state index contributed by atoms with van der Waals surface area (Å²) in [5.74, 6) is 0. The van der Waals surface area contributed by atoms with E-state index in [1.807, 2.05) is 39.0 Å². The van der Waals surface area contributed by atoms with Gasteiger partial charge in [-0.25, -0.2) is 14.6 Å². The summed E-state index contributed by atoms with van der Waals surface area (Å²) in [7, 11) is 3.58. The summed E-state index contributed by atoms with van der Waals surface area (Å²) in [5.41, 5.74) is 5.69. The number of alkyl carbamates (subject to hydrolysis) is 1. The Bertz CT molecular complexity index is 1330. The normalized spacial score (nSPS) is 16.6. The number of amides is 3. The van der Waals surface area contributed by atoms with Crippen LogP contribution >= 0.6 is 0 Å². The standard InChI is InChI=1S/C30H34N4O3/c1-29(2,3)37-27(35)32-30(16-9-17-30)22-14-12-21(13-15-22)26-23(20-10-7-6-8-11-20)18-25-24(31-26)19-33(4)28(36)34(25)5/h6-8,10-15,18H,9,16-17,19H2,1-5H3,(H,32,35). The van der Waals surface area contributed by atoms with Crippen LogP contribution in [0.5, 0.6) is 0 Å². The van der Waals surface area contributed by atoms with Crippen molar-refractivity contribution in [1.82, 2.24) is 15.2 Å². The molecule has 7 nitrogen and oxygen atoms in total. The molecule has 5 rings (SSSR count). The number of urea groups is 1. The molecule has 0 spiro atoms. The van der Waals surface area contributed by atoms with Gasteiger partial charge in [0.15, 0.2) is 0 Å². The van der Waals surface area contributed by atoms with E-state index in [0.29, 0.717) is 6.54 Å². The molecule has 1 N–H and O–H groups in total. The van der Waals surface area contributed by atoms with Crippen LogP contribution < -0.4 is 10.2 Å². The van der Waals surface area contributed by atoms with E-state index < -0.39 is 11.1 Å². The van der Waals surface area contributed by atoms with Crippen molar-refractivity contribution in [2.45, 2.75) is 57.7 Å². The third kappa shape index (κ3) is 4.78. The van der Waals surface area contributed by atoms with Crippen molar-refractivity contribution in [3.05, 3.63) is 71.9 Å². The molecule has 1 aromatic heterocycles. The number of rotatable bonds is 4. The van der Waals surface area contributed by atoms with Gasteiger partial charge in [0, 0.05) is 25.2 Å². The van der Waals surface area contributed by atoms with Crippen molar-refractivity contribution < 1.29 is 14.3 Å². The fourth-order valence-corrected chi connectivity index (χ4v) is 5.12. The lowest BCUT2D eigenvalue weighted by Gasteiger charge is -2.43. The minimum atomic E-state index is -0.544. The van der Waals surface area contributed by atoms with Gasteiger partial charge < -0.3 is 15.0 Å². The second-order valence-corrected chi connectivity index (χ2v) is 11.1. The van der Waals surface area contributed by atoms with E-state index >= 15 is 0 Å². The molecule has 0 saturated heterocycles. The number of ether oxygens (including phenoxy) is 1. The highest BCUT2D eigenvalue weighted by Crippen LogP contribution is 2.43. The zero-order valence-corrected chi connectivity index (χ0v) is 22.2. The van der Waals surface area contributed by atoms with Crippen LogP contribution in [-0.4, -0.2) is 41.7 Å². The third-order valence-corrected chi connectivity index (χ3v) is 7.18. The largest absolute Gasteiger partial charge is 0.444 e. The predicted molar refractivity (Wildman–Crippen MR) is 145 cm³/mol. The molecule has 2 aromatic carbocycles. The van der Waals surface area contributed by atoms with E-state index in [-0.39, 0.29) is 12.1 Å². The molecule has 3 aromatic rings. The fraction of sp³-hybridized carbons (Fsp3) is 0.367. The highest BCUT2D eigenvalue weighted by Gasteiger charge is 2.41. The number of fused-ring (bicyclic) bond motifs is 1. The number of pyridine rings is 1. The maximum absolute atomic E-state index is 12.6. The Morgan fingerprint density at radius 3 is 2.27 bits per heavy atom.